The van der Waals surface area contributed by atoms with Crippen molar-refractivity contribution in [1.29, 1.82) is 0 Å². The van der Waals surface area contributed by atoms with Gasteiger partial charge in [0.25, 0.3) is 0 Å². The van der Waals surface area contributed by atoms with Gasteiger partial charge >= 0.3 is 5.97 Å². The average molecular weight is 245 g/mol. The van der Waals surface area contributed by atoms with E-state index in [1.54, 1.807) is 11.7 Å². The summed E-state index contributed by atoms with van der Waals surface area (Å²) < 4.78 is 11.7. The number of esters is 1. The lowest BCUT2D eigenvalue weighted by molar-refractivity contribution is 0.0591. The van der Waals surface area contributed by atoms with Crippen molar-refractivity contribution < 1.29 is 14.3 Å². The molecule has 0 saturated carbocycles. The lowest BCUT2D eigenvalue weighted by Crippen LogP contribution is -2.08. The number of benzene rings is 1. The summed E-state index contributed by atoms with van der Waals surface area (Å²) >= 11 is 0. The molecule has 0 N–H and O–H groups in total. The van der Waals surface area contributed by atoms with Crippen molar-refractivity contribution >= 4 is 5.97 Å². The third-order valence-corrected chi connectivity index (χ3v) is 2.83. The number of aryl methyl sites for hydroxylation is 1. The van der Waals surface area contributed by atoms with Crippen LogP contribution in [0, 0.1) is 0 Å². The van der Waals surface area contributed by atoms with Crippen LogP contribution < -0.4 is 4.74 Å². The molecule has 0 spiro atoms. The highest BCUT2D eigenvalue weighted by molar-refractivity contribution is 5.96. The zero-order valence-electron chi connectivity index (χ0n) is 10.6. The topological polar surface area (TPSA) is 40.5 Å². The minimum absolute atomic E-state index is 0.347. The fourth-order valence-electron chi connectivity index (χ4n) is 1.90. The Morgan fingerprint density at radius 1 is 1.22 bits per heavy atom. The number of methoxy groups -OCH3 is 2. The van der Waals surface area contributed by atoms with Gasteiger partial charge in [0.1, 0.15) is 11.4 Å². The van der Waals surface area contributed by atoms with Gasteiger partial charge in [-0.3, -0.25) is 0 Å². The summed E-state index contributed by atoms with van der Waals surface area (Å²) in [4.78, 5) is 11.8. The largest absolute Gasteiger partial charge is 0.497 e. The average Bonchev–Trinajstić information content (AvgIpc) is 2.80. The van der Waals surface area contributed by atoms with Gasteiger partial charge < -0.3 is 14.0 Å². The molecule has 0 bridgehead atoms. The molecular formula is C14H15NO3. The highest BCUT2D eigenvalue weighted by atomic mass is 16.5. The maximum Gasteiger partial charge on any atom is 0.355 e. The number of carbonyl (C=O) groups is 1. The normalized spacial score (nSPS) is 10.2. The summed E-state index contributed by atoms with van der Waals surface area (Å²) in [6, 6.07) is 9.47. The molecule has 0 fully saturated rings. The van der Waals surface area contributed by atoms with Crippen LogP contribution in [0.15, 0.2) is 36.5 Å². The van der Waals surface area contributed by atoms with Crippen molar-refractivity contribution in [1.82, 2.24) is 4.57 Å². The molecule has 1 aromatic carbocycles. The molecule has 0 atom stereocenters. The van der Waals surface area contributed by atoms with Crippen LogP contribution in [-0.4, -0.2) is 24.8 Å². The Hall–Kier alpha value is -2.23. The van der Waals surface area contributed by atoms with Gasteiger partial charge in [-0.1, -0.05) is 12.1 Å². The maximum atomic E-state index is 11.8. The molecule has 0 aliphatic heterocycles. The van der Waals surface area contributed by atoms with Gasteiger partial charge in [-0.25, -0.2) is 4.79 Å². The lowest BCUT2D eigenvalue weighted by Gasteiger charge is -2.07. The van der Waals surface area contributed by atoms with Crippen LogP contribution in [0.25, 0.3) is 11.1 Å². The number of carbonyl (C=O) groups excluding carboxylic acids is 1. The van der Waals surface area contributed by atoms with Gasteiger partial charge in [0.2, 0.25) is 0 Å². The zero-order valence-corrected chi connectivity index (χ0v) is 10.6. The molecule has 0 aliphatic carbocycles. The van der Waals surface area contributed by atoms with Crippen LogP contribution in [-0.2, 0) is 11.8 Å². The smallest absolute Gasteiger partial charge is 0.355 e. The zero-order chi connectivity index (χ0) is 13.1. The van der Waals surface area contributed by atoms with Crippen molar-refractivity contribution in [2.24, 2.45) is 7.05 Å². The molecule has 0 amide bonds. The van der Waals surface area contributed by atoms with E-state index < -0.39 is 0 Å². The van der Waals surface area contributed by atoms with E-state index in [1.807, 2.05) is 43.6 Å². The van der Waals surface area contributed by atoms with E-state index >= 15 is 0 Å². The fraction of sp³-hybridized carbons (Fsp3) is 0.214. The van der Waals surface area contributed by atoms with Gasteiger partial charge in [-0.05, 0) is 23.8 Å². The maximum absolute atomic E-state index is 11.8. The van der Waals surface area contributed by atoms with Crippen molar-refractivity contribution in [3.8, 4) is 16.9 Å². The second-order valence-electron chi connectivity index (χ2n) is 3.91. The lowest BCUT2D eigenvalue weighted by atomic mass is 10.1. The quantitative estimate of drug-likeness (QED) is 0.780. The van der Waals surface area contributed by atoms with E-state index in [0.29, 0.717) is 5.69 Å². The minimum Gasteiger partial charge on any atom is -0.497 e. The van der Waals surface area contributed by atoms with Gasteiger partial charge in [0.15, 0.2) is 0 Å². The molecule has 1 heterocycles. The first kappa shape index (κ1) is 12.2. The number of hydrogen-bond acceptors (Lipinski definition) is 3. The number of rotatable bonds is 3. The third kappa shape index (κ3) is 2.09. The summed E-state index contributed by atoms with van der Waals surface area (Å²) in [6.45, 7) is 0. The number of hydrogen-bond donors (Lipinski definition) is 0. The number of ether oxygens (including phenoxy) is 2. The standard InChI is InChI=1S/C14H15NO3/c1-15-8-7-12(13(15)14(16)18-3)10-5-4-6-11(9-10)17-2/h4-9H,1-3H3. The van der Waals surface area contributed by atoms with Gasteiger partial charge in [-0.2, -0.15) is 0 Å². The van der Waals surface area contributed by atoms with Crippen molar-refractivity contribution in [2.45, 2.75) is 0 Å². The number of nitrogens with zero attached hydrogens (tertiary/aromatic N) is 1. The first-order valence-corrected chi connectivity index (χ1v) is 5.55. The Kier molecular flexibility index (Phi) is 3.37. The molecule has 2 rings (SSSR count). The van der Waals surface area contributed by atoms with Gasteiger partial charge in [0, 0.05) is 18.8 Å². The summed E-state index contributed by atoms with van der Waals surface area (Å²) in [5.74, 6) is 0.410. The molecular weight excluding hydrogens is 230 g/mol. The molecule has 1 aromatic heterocycles. The van der Waals surface area contributed by atoms with Crippen molar-refractivity contribution in [3.63, 3.8) is 0 Å². The van der Waals surface area contributed by atoms with E-state index in [-0.39, 0.29) is 5.97 Å². The number of aromatic nitrogens is 1. The first-order valence-electron chi connectivity index (χ1n) is 5.55. The van der Waals surface area contributed by atoms with Crippen LogP contribution in [0.5, 0.6) is 5.75 Å². The van der Waals surface area contributed by atoms with E-state index in [4.69, 9.17) is 9.47 Å². The van der Waals surface area contributed by atoms with E-state index in [0.717, 1.165) is 16.9 Å². The fourth-order valence-corrected chi connectivity index (χ4v) is 1.90. The predicted molar refractivity (Wildman–Crippen MR) is 68.7 cm³/mol. The Morgan fingerprint density at radius 2 is 2.00 bits per heavy atom. The summed E-state index contributed by atoms with van der Waals surface area (Å²) in [5, 5.41) is 0. The molecule has 0 aliphatic rings. The Morgan fingerprint density at radius 3 is 2.67 bits per heavy atom. The summed E-state index contributed by atoms with van der Waals surface area (Å²) in [5.41, 5.74) is 2.30. The van der Waals surface area contributed by atoms with Crippen LogP contribution in [0.4, 0.5) is 0 Å². The highest BCUT2D eigenvalue weighted by Crippen LogP contribution is 2.27. The second kappa shape index (κ2) is 4.96. The van der Waals surface area contributed by atoms with Gasteiger partial charge in [0.05, 0.1) is 14.2 Å². The summed E-state index contributed by atoms with van der Waals surface area (Å²) in [7, 11) is 4.81. The minimum atomic E-state index is -0.347. The van der Waals surface area contributed by atoms with Crippen LogP contribution in [0.1, 0.15) is 10.5 Å². The van der Waals surface area contributed by atoms with E-state index in [9.17, 15) is 4.79 Å². The Balaban J connectivity index is 2.53. The third-order valence-electron chi connectivity index (χ3n) is 2.83. The van der Waals surface area contributed by atoms with E-state index in [1.165, 1.54) is 7.11 Å². The molecule has 4 heteroatoms. The highest BCUT2D eigenvalue weighted by Gasteiger charge is 2.17. The molecule has 4 nitrogen and oxygen atoms in total. The predicted octanol–water partition coefficient (Wildman–Crippen LogP) is 2.49. The molecule has 0 radical (unpaired) electrons. The van der Waals surface area contributed by atoms with Crippen LogP contribution >= 0.6 is 0 Å². The first-order chi connectivity index (χ1) is 8.67. The van der Waals surface area contributed by atoms with Crippen molar-refractivity contribution in [3.05, 3.63) is 42.2 Å². The van der Waals surface area contributed by atoms with Crippen molar-refractivity contribution in [2.75, 3.05) is 14.2 Å². The monoisotopic (exact) mass is 245 g/mol. The van der Waals surface area contributed by atoms with E-state index in [2.05, 4.69) is 0 Å². The summed E-state index contributed by atoms with van der Waals surface area (Å²) in [6.07, 6.45) is 1.83. The Labute approximate surface area is 106 Å². The van der Waals surface area contributed by atoms with Crippen LogP contribution in [0.2, 0.25) is 0 Å². The second-order valence-corrected chi connectivity index (χ2v) is 3.91. The Bertz CT molecular complexity index is 572. The molecule has 2 aromatic rings. The SMILES string of the molecule is COC(=O)c1c(-c2cccc(OC)c2)ccn1C. The molecule has 18 heavy (non-hydrogen) atoms. The van der Waals surface area contributed by atoms with Gasteiger partial charge in [-0.15, -0.1) is 0 Å². The molecule has 94 valence electrons. The molecule has 0 unspecified atom stereocenters. The molecule has 0 saturated heterocycles. The van der Waals surface area contributed by atoms with Crippen LogP contribution in [0.3, 0.4) is 0 Å².